The number of furan rings is 1. The highest BCUT2D eigenvalue weighted by atomic mass is 35.5. The van der Waals surface area contributed by atoms with Crippen LogP contribution in [-0.4, -0.2) is 17.0 Å². The van der Waals surface area contributed by atoms with Gasteiger partial charge >= 0.3 is 5.97 Å². The second-order valence-electron chi connectivity index (χ2n) is 5.49. The van der Waals surface area contributed by atoms with Crippen LogP contribution in [0.5, 0.6) is 0 Å². The van der Waals surface area contributed by atoms with Crippen LogP contribution in [0.1, 0.15) is 16.1 Å². The number of amides is 1. The zero-order valence-corrected chi connectivity index (χ0v) is 14.8. The van der Waals surface area contributed by atoms with Crippen molar-refractivity contribution in [3.63, 3.8) is 0 Å². The predicted octanol–water partition coefficient (Wildman–Crippen LogP) is 5.13. The molecule has 0 saturated carbocycles. The van der Waals surface area contributed by atoms with Crippen molar-refractivity contribution >= 4 is 40.8 Å². The Hall–Kier alpha value is -2.76. The molecule has 0 unspecified atom stereocenters. The van der Waals surface area contributed by atoms with Crippen molar-refractivity contribution in [1.29, 1.82) is 0 Å². The number of hydrogen-bond donors (Lipinski definition) is 2. The van der Waals surface area contributed by atoms with Crippen LogP contribution in [0.4, 0.5) is 5.69 Å². The van der Waals surface area contributed by atoms with Gasteiger partial charge in [0.25, 0.3) is 5.91 Å². The summed E-state index contributed by atoms with van der Waals surface area (Å²) in [5.41, 5.74) is 1.65. The predicted molar refractivity (Wildman–Crippen MR) is 99.9 cm³/mol. The van der Waals surface area contributed by atoms with E-state index in [1.54, 1.807) is 48.5 Å². The molecule has 1 heterocycles. The summed E-state index contributed by atoms with van der Waals surface area (Å²) < 4.78 is 5.59. The van der Waals surface area contributed by atoms with Gasteiger partial charge in [-0.1, -0.05) is 41.4 Å². The Bertz CT molecular complexity index is 981. The fraction of sp³-hybridized carbons (Fsp3) is 0.0526. The molecule has 1 amide bonds. The molecule has 0 saturated heterocycles. The molecular weight excluding hydrogens is 377 g/mol. The number of anilines is 1. The summed E-state index contributed by atoms with van der Waals surface area (Å²) >= 11 is 12.2. The summed E-state index contributed by atoms with van der Waals surface area (Å²) in [6.07, 6.45) is -0.123. The van der Waals surface area contributed by atoms with Crippen molar-refractivity contribution in [2.24, 2.45) is 0 Å². The van der Waals surface area contributed by atoms with E-state index >= 15 is 0 Å². The molecule has 7 heteroatoms. The zero-order chi connectivity index (χ0) is 18.7. The average molecular weight is 390 g/mol. The third-order valence-corrected chi connectivity index (χ3v) is 4.41. The second-order valence-corrected chi connectivity index (χ2v) is 6.28. The molecule has 0 aliphatic carbocycles. The standard InChI is InChI=1S/C19H13Cl2NO4/c20-14-6-2-5-13(18(14)21)15-7-8-16(26-15)19(25)22-12-4-1-3-11(9-12)10-17(23)24/h1-9H,10H2,(H,22,25)(H,23,24). The first-order valence-electron chi connectivity index (χ1n) is 7.60. The molecule has 1 aromatic heterocycles. The van der Waals surface area contributed by atoms with Crippen LogP contribution in [0.15, 0.2) is 59.0 Å². The van der Waals surface area contributed by atoms with Crippen molar-refractivity contribution in [1.82, 2.24) is 0 Å². The van der Waals surface area contributed by atoms with Crippen LogP contribution in [0.3, 0.4) is 0 Å². The molecule has 132 valence electrons. The fourth-order valence-electron chi connectivity index (χ4n) is 2.43. The normalized spacial score (nSPS) is 10.5. The van der Waals surface area contributed by atoms with Crippen molar-refractivity contribution < 1.29 is 19.1 Å². The van der Waals surface area contributed by atoms with E-state index in [1.807, 2.05) is 0 Å². The summed E-state index contributed by atoms with van der Waals surface area (Å²) in [5.74, 6) is -0.883. The molecule has 0 fully saturated rings. The Labute approximate surface area is 159 Å². The molecule has 0 radical (unpaired) electrons. The van der Waals surface area contributed by atoms with Crippen molar-refractivity contribution in [3.8, 4) is 11.3 Å². The highest BCUT2D eigenvalue weighted by Crippen LogP contribution is 2.34. The van der Waals surface area contributed by atoms with Gasteiger partial charge in [-0.2, -0.15) is 0 Å². The molecule has 0 bridgehead atoms. The molecule has 2 N–H and O–H groups in total. The summed E-state index contributed by atoms with van der Waals surface area (Å²) in [5, 5.41) is 12.3. The smallest absolute Gasteiger partial charge is 0.307 e. The maximum Gasteiger partial charge on any atom is 0.307 e. The lowest BCUT2D eigenvalue weighted by atomic mass is 10.1. The Morgan fingerprint density at radius 2 is 1.81 bits per heavy atom. The molecular formula is C19H13Cl2NO4. The lowest BCUT2D eigenvalue weighted by Gasteiger charge is -2.05. The Morgan fingerprint density at radius 1 is 1.04 bits per heavy atom. The highest BCUT2D eigenvalue weighted by Gasteiger charge is 2.15. The first-order valence-corrected chi connectivity index (χ1v) is 8.36. The van der Waals surface area contributed by atoms with Gasteiger partial charge in [-0.15, -0.1) is 0 Å². The van der Waals surface area contributed by atoms with Crippen LogP contribution in [0.2, 0.25) is 10.0 Å². The SMILES string of the molecule is O=C(O)Cc1cccc(NC(=O)c2ccc(-c3cccc(Cl)c3Cl)o2)c1. The van der Waals surface area contributed by atoms with E-state index in [4.69, 9.17) is 32.7 Å². The van der Waals surface area contributed by atoms with Gasteiger partial charge in [0, 0.05) is 11.3 Å². The number of carboxylic acid groups (broad SMARTS) is 1. The number of hydrogen-bond acceptors (Lipinski definition) is 3. The summed E-state index contributed by atoms with van der Waals surface area (Å²) in [6.45, 7) is 0. The van der Waals surface area contributed by atoms with Gasteiger partial charge in [0.1, 0.15) is 5.76 Å². The molecule has 3 rings (SSSR count). The highest BCUT2D eigenvalue weighted by molar-refractivity contribution is 6.43. The second kappa shape index (κ2) is 7.64. The lowest BCUT2D eigenvalue weighted by Crippen LogP contribution is -2.11. The van der Waals surface area contributed by atoms with Gasteiger partial charge in [-0.05, 0) is 42.0 Å². The van der Waals surface area contributed by atoms with E-state index in [0.717, 1.165) is 0 Å². The van der Waals surface area contributed by atoms with E-state index in [0.29, 0.717) is 32.6 Å². The molecule has 0 spiro atoms. The first-order chi connectivity index (χ1) is 12.4. The van der Waals surface area contributed by atoms with Crippen LogP contribution >= 0.6 is 23.2 Å². The minimum atomic E-state index is -0.942. The summed E-state index contributed by atoms with van der Waals surface area (Å²) in [7, 11) is 0. The maximum absolute atomic E-state index is 12.4. The average Bonchev–Trinajstić information content (AvgIpc) is 3.07. The Morgan fingerprint density at radius 3 is 2.58 bits per heavy atom. The number of rotatable bonds is 5. The third kappa shape index (κ3) is 4.07. The first kappa shape index (κ1) is 18.0. The van der Waals surface area contributed by atoms with Gasteiger partial charge in [-0.3, -0.25) is 9.59 Å². The number of carbonyl (C=O) groups is 2. The summed E-state index contributed by atoms with van der Waals surface area (Å²) in [6, 6.07) is 14.9. The van der Waals surface area contributed by atoms with Gasteiger partial charge in [0.05, 0.1) is 16.5 Å². The minimum Gasteiger partial charge on any atom is -0.481 e. The number of halogens is 2. The van der Waals surface area contributed by atoms with Crippen LogP contribution in [-0.2, 0) is 11.2 Å². The van der Waals surface area contributed by atoms with Gasteiger partial charge in [0.15, 0.2) is 5.76 Å². The number of nitrogens with one attached hydrogen (secondary N) is 1. The topological polar surface area (TPSA) is 79.5 Å². The summed E-state index contributed by atoms with van der Waals surface area (Å²) in [4.78, 5) is 23.2. The molecule has 0 aliphatic heterocycles. The van der Waals surface area contributed by atoms with Crippen molar-refractivity contribution in [2.45, 2.75) is 6.42 Å². The molecule has 26 heavy (non-hydrogen) atoms. The van der Waals surface area contributed by atoms with Gasteiger partial charge in [-0.25, -0.2) is 0 Å². The molecule has 3 aromatic rings. The number of carbonyl (C=O) groups excluding carboxylic acids is 1. The van der Waals surface area contributed by atoms with E-state index < -0.39 is 11.9 Å². The van der Waals surface area contributed by atoms with Crippen molar-refractivity contribution in [3.05, 3.63) is 76.0 Å². The van der Waals surface area contributed by atoms with Gasteiger partial charge < -0.3 is 14.8 Å². The Kier molecular flexibility index (Phi) is 5.30. The molecule has 2 aromatic carbocycles. The van der Waals surface area contributed by atoms with Crippen molar-refractivity contribution in [2.75, 3.05) is 5.32 Å². The number of aliphatic carboxylic acids is 1. The largest absolute Gasteiger partial charge is 0.481 e. The molecule has 0 atom stereocenters. The van der Waals surface area contributed by atoms with E-state index in [1.165, 1.54) is 6.07 Å². The lowest BCUT2D eigenvalue weighted by molar-refractivity contribution is -0.136. The van der Waals surface area contributed by atoms with Crippen LogP contribution < -0.4 is 5.32 Å². The van der Waals surface area contributed by atoms with Crippen LogP contribution in [0.25, 0.3) is 11.3 Å². The minimum absolute atomic E-state index is 0.0969. The monoisotopic (exact) mass is 389 g/mol. The molecule has 5 nitrogen and oxygen atoms in total. The zero-order valence-electron chi connectivity index (χ0n) is 13.3. The van der Waals surface area contributed by atoms with E-state index in [2.05, 4.69) is 5.32 Å². The quantitative estimate of drug-likeness (QED) is 0.633. The fourth-order valence-corrected chi connectivity index (χ4v) is 2.82. The van der Waals surface area contributed by atoms with E-state index in [9.17, 15) is 9.59 Å². The van der Waals surface area contributed by atoms with Crippen LogP contribution in [0, 0.1) is 0 Å². The van der Waals surface area contributed by atoms with E-state index in [-0.39, 0.29) is 12.2 Å². The number of benzene rings is 2. The Balaban J connectivity index is 1.78. The maximum atomic E-state index is 12.4. The van der Waals surface area contributed by atoms with Gasteiger partial charge in [0.2, 0.25) is 0 Å². The third-order valence-electron chi connectivity index (χ3n) is 3.59. The number of carboxylic acids is 1. The molecule has 0 aliphatic rings.